The van der Waals surface area contributed by atoms with E-state index in [0.717, 1.165) is 54.1 Å². The molecule has 0 bridgehead atoms. The van der Waals surface area contributed by atoms with Crippen molar-refractivity contribution in [2.45, 2.75) is 69.0 Å². The number of halogens is 1. The number of amides is 2. The number of carbonyl (C=O) groups is 2. The van der Waals surface area contributed by atoms with Gasteiger partial charge in [-0.2, -0.15) is 0 Å². The Morgan fingerprint density at radius 3 is 2.31 bits per heavy atom. The first-order chi connectivity index (χ1) is 20.2. The number of rotatable bonds is 12. The minimum atomic E-state index is -4.26. The Bertz CT molecular complexity index is 1440. The predicted octanol–water partition coefficient (Wildman–Crippen LogP) is 5.29. The van der Waals surface area contributed by atoms with Crippen LogP contribution in [0.15, 0.2) is 83.8 Å². The lowest BCUT2D eigenvalue weighted by Crippen LogP contribution is -2.54. The molecular formula is C32H38FN3O5S. The van der Waals surface area contributed by atoms with Crippen LogP contribution in [0.5, 0.6) is 5.75 Å². The molecule has 3 aromatic rings. The zero-order chi connectivity index (χ0) is 30.1. The molecule has 0 aromatic heterocycles. The number of benzene rings is 3. The van der Waals surface area contributed by atoms with Crippen molar-refractivity contribution in [3.63, 3.8) is 0 Å². The Hall–Kier alpha value is -3.92. The van der Waals surface area contributed by atoms with E-state index in [2.05, 4.69) is 5.32 Å². The molecule has 1 aliphatic carbocycles. The first-order valence-electron chi connectivity index (χ1n) is 14.3. The summed E-state index contributed by atoms with van der Waals surface area (Å²) in [7, 11) is -2.71. The van der Waals surface area contributed by atoms with E-state index >= 15 is 0 Å². The van der Waals surface area contributed by atoms with Crippen LogP contribution in [0, 0.1) is 5.82 Å². The number of hydrogen-bond donors (Lipinski definition) is 1. The van der Waals surface area contributed by atoms with Gasteiger partial charge in [0.15, 0.2) is 0 Å². The fourth-order valence-corrected chi connectivity index (χ4v) is 6.70. The molecule has 0 heterocycles. The molecule has 8 nitrogen and oxygen atoms in total. The van der Waals surface area contributed by atoms with Gasteiger partial charge in [-0.15, -0.1) is 0 Å². The zero-order valence-corrected chi connectivity index (χ0v) is 24.9. The van der Waals surface area contributed by atoms with Crippen LogP contribution in [0.2, 0.25) is 0 Å². The third-order valence-corrected chi connectivity index (χ3v) is 9.34. The number of sulfonamides is 1. The van der Waals surface area contributed by atoms with Crippen molar-refractivity contribution in [2.75, 3.05) is 18.0 Å². The fourth-order valence-electron chi connectivity index (χ4n) is 5.29. The molecule has 2 amide bonds. The van der Waals surface area contributed by atoms with E-state index in [1.807, 2.05) is 13.0 Å². The Kier molecular flexibility index (Phi) is 10.6. The van der Waals surface area contributed by atoms with Crippen LogP contribution in [0.1, 0.15) is 51.0 Å². The summed E-state index contributed by atoms with van der Waals surface area (Å²) in [6.45, 7) is 1.36. The van der Waals surface area contributed by atoms with Gasteiger partial charge in [-0.1, -0.05) is 56.5 Å². The van der Waals surface area contributed by atoms with Gasteiger partial charge in [0.25, 0.3) is 10.0 Å². The van der Waals surface area contributed by atoms with Crippen molar-refractivity contribution in [3.05, 3.63) is 90.2 Å². The molecule has 0 radical (unpaired) electrons. The second kappa shape index (κ2) is 14.3. The molecule has 1 fully saturated rings. The number of ether oxygens (including phenoxy) is 1. The highest BCUT2D eigenvalue weighted by Gasteiger charge is 2.34. The van der Waals surface area contributed by atoms with E-state index in [-0.39, 0.29) is 29.1 Å². The topological polar surface area (TPSA) is 96.0 Å². The summed E-state index contributed by atoms with van der Waals surface area (Å²) in [5.41, 5.74) is 1.01. The summed E-state index contributed by atoms with van der Waals surface area (Å²) in [6, 6.07) is 19.2. The summed E-state index contributed by atoms with van der Waals surface area (Å²) in [4.78, 5) is 29.1. The van der Waals surface area contributed by atoms with E-state index in [0.29, 0.717) is 12.2 Å². The van der Waals surface area contributed by atoms with Crippen molar-refractivity contribution in [1.82, 2.24) is 10.2 Å². The van der Waals surface area contributed by atoms with Crippen LogP contribution in [-0.2, 0) is 26.2 Å². The minimum Gasteiger partial charge on any atom is -0.497 e. The third-order valence-electron chi connectivity index (χ3n) is 7.55. The number of anilines is 1. The number of hydrogen-bond acceptors (Lipinski definition) is 5. The number of para-hydroxylation sites is 1. The summed E-state index contributed by atoms with van der Waals surface area (Å²) in [5.74, 6) is -0.772. The highest BCUT2D eigenvalue weighted by molar-refractivity contribution is 7.92. The Morgan fingerprint density at radius 1 is 0.976 bits per heavy atom. The predicted molar refractivity (Wildman–Crippen MR) is 160 cm³/mol. The average molecular weight is 596 g/mol. The van der Waals surface area contributed by atoms with Gasteiger partial charge in [-0.25, -0.2) is 12.8 Å². The highest BCUT2D eigenvalue weighted by Crippen LogP contribution is 2.26. The molecule has 3 aromatic carbocycles. The summed E-state index contributed by atoms with van der Waals surface area (Å²) < 4.78 is 47.6. The van der Waals surface area contributed by atoms with Crippen molar-refractivity contribution in [3.8, 4) is 5.75 Å². The first kappa shape index (κ1) is 31.0. The average Bonchev–Trinajstić information content (AvgIpc) is 3.00. The molecule has 4 rings (SSSR count). The summed E-state index contributed by atoms with van der Waals surface area (Å²) >= 11 is 0. The maximum atomic E-state index is 14.2. The third kappa shape index (κ3) is 7.67. The van der Waals surface area contributed by atoms with Crippen LogP contribution < -0.4 is 14.4 Å². The normalized spacial score (nSPS) is 14.5. The molecule has 1 aliphatic rings. The van der Waals surface area contributed by atoms with Gasteiger partial charge in [0, 0.05) is 12.6 Å². The number of nitrogens with one attached hydrogen (secondary N) is 1. The molecular weight excluding hydrogens is 557 g/mol. The van der Waals surface area contributed by atoms with E-state index in [1.54, 1.807) is 55.6 Å². The van der Waals surface area contributed by atoms with Gasteiger partial charge in [0.2, 0.25) is 11.8 Å². The molecule has 1 N–H and O–H groups in total. The molecule has 1 saturated carbocycles. The van der Waals surface area contributed by atoms with Crippen LogP contribution in [0.4, 0.5) is 10.1 Å². The SMILES string of the molecule is CC[C@@H](C(=O)NC1CCCCC1)N(Cc1cccc(OC)c1)C(=O)CN(c1ccccc1)S(=O)(=O)c1ccc(F)cc1. The largest absolute Gasteiger partial charge is 0.497 e. The molecule has 1 atom stereocenters. The van der Waals surface area contributed by atoms with Crippen LogP contribution in [0.25, 0.3) is 0 Å². The first-order valence-corrected chi connectivity index (χ1v) is 15.7. The maximum Gasteiger partial charge on any atom is 0.264 e. The Morgan fingerprint density at radius 2 is 1.67 bits per heavy atom. The Labute approximate surface area is 247 Å². The molecule has 224 valence electrons. The van der Waals surface area contributed by atoms with Crippen LogP contribution in [-0.4, -0.2) is 50.9 Å². The smallest absolute Gasteiger partial charge is 0.264 e. The zero-order valence-electron chi connectivity index (χ0n) is 24.0. The van der Waals surface area contributed by atoms with Crippen molar-refractivity contribution in [2.24, 2.45) is 0 Å². The molecule has 10 heteroatoms. The highest BCUT2D eigenvalue weighted by atomic mass is 32.2. The van der Waals surface area contributed by atoms with Gasteiger partial charge >= 0.3 is 0 Å². The van der Waals surface area contributed by atoms with E-state index in [4.69, 9.17) is 4.74 Å². The van der Waals surface area contributed by atoms with Crippen LogP contribution >= 0.6 is 0 Å². The molecule has 0 unspecified atom stereocenters. The van der Waals surface area contributed by atoms with Gasteiger partial charge in [-0.05, 0) is 73.4 Å². The van der Waals surface area contributed by atoms with E-state index in [1.165, 1.54) is 17.0 Å². The standard InChI is InChI=1S/C32H38FN3O5S/c1-3-30(32(38)34-26-12-6-4-7-13-26)35(22-24-11-10-16-28(21-24)41-2)31(37)23-36(27-14-8-5-9-15-27)42(39,40)29-19-17-25(33)18-20-29/h5,8-11,14-21,26,30H,3-4,6-7,12-13,22-23H2,1-2H3,(H,34,38)/t30-/m0/s1. The van der Waals surface area contributed by atoms with Gasteiger partial charge in [0.1, 0.15) is 24.2 Å². The van der Waals surface area contributed by atoms with Gasteiger partial charge < -0.3 is 15.0 Å². The van der Waals surface area contributed by atoms with Crippen molar-refractivity contribution in [1.29, 1.82) is 0 Å². The lowest BCUT2D eigenvalue weighted by Gasteiger charge is -2.34. The lowest BCUT2D eigenvalue weighted by atomic mass is 9.95. The second-order valence-corrected chi connectivity index (χ2v) is 12.3. The number of nitrogens with zero attached hydrogens (tertiary/aromatic N) is 2. The number of methoxy groups -OCH3 is 1. The summed E-state index contributed by atoms with van der Waals surface area (Å²) in [5, 5.41) is 3.14. The van der Waals surface area contributed by atoms with Crippen LogP contribution in [0.3, 0.4) is 0 Å². The second-order valence-electron chi connectivity index (χ2n) is 10.4. The van der Waals surface area contributed by atoms with Crippen molar-refractivity contribution < 1.29 is 27.1 Å². The van der Waals surface area contributed by atoms with Gasteiger partial charge in [0.05, 0.1) is 17.7 Å². The maximum absolute atomic E-state index is 14.2. The Balaban J connectivity index is 1.69. The number of carbonyl (C=O) groups excluding carboxylic acids is 2. The minimum absolute atomic E-state index is 0.0498. The molecule has 0 saturated heterocycles. The molecule has 42 heavy (non-hydrogen) atoms. The van der Waals surface area contributed by atoms with E-state index < -0.39 is 34.3 Å². The van der Waals surface area contributed by atoms with Gasteiger partial charge in [-0.3, -0.25) is 13.9 Å². The van der Waals surface area contributed by atoms with E-state index in [9.17, 15) is 22.4 Å². The molecule has 0 spiro atoms. The quantitative estimate of drug-likeness (QED) is 0.307. The molecule has 0 aliphatic heterocycles. The summed E-state index contributed by atoms with van der Waals surface area (Å²) in [6.07, 6.45) is 5.35. The monoisotopic (exact) mass is 595 g/mol. The fraction of sp³-hybridized carbons (Fsp3) is 0.375. The lowest BCUT2D eigenvalue weighted by molar-refractivity contribution is -0.140. The van der Waals surface area contributed by atoms with Crippen molar-refractivity contribution >= 4 is 27.5 Å².